The predicted molar refractivity (Wildman–Crippen MR) is 65.0 cm³/mol. The molecule has 0 bridgehead atoms. The summed E-state index contributed by atoms with van der Waals surface area (Å²) in [6.45, 7) is 1.27. The van der Waals surface area contributed by atoms with E-state index >= 15 is 0 Å². The Bertz CT molecular complexity index is 500. The Morgan fingerprint density at radius 3 is 2.45 bits per heavy atom. The Kier molecular flexibility index (Phi) is 5.12. The molecule has 1 aromatic rings. The van der Waals surface area contributed by atoms with Crippen molar-refractivity contribution in [1.29, 1.82) is 0 Å². The van der Waals surface area contributed by atoms with Gasteiger partial charge < -0.3 is 10.4 Å². The molecule has 0 heterocycles. The first kappa shape index (κ1) is 16.0. The SMILES string of the molecule is CC(CNC(=O)Cc1ccccc1C(F)(F)F)C(=O)O. The summed E-state index contributed by atoms with van der Waals surface area (Å²) in [5.41, 5.74) is -0.998. The first-order chi connectivity index (χ1) is 9.21. The molecule has 1 amide bonds. The van der Waals surface area contributed by atoms with Gasteiger partial charge in [-0.15, -0.1) is 0 Å². The molecule has 0 spiro atoms. The van der Waals surface area contributed by atoms with Crippen LogP contribution < -0.4 is 5.32 Å². The van der Waals surface area contributed by atoms with Crippen molar-refractivity contribution in [3.8, 4) is 0 Å². The molecule has 0 saturated carbocycles. The minimum atomic E-state index is -4.52. The van der Waals surface area contributed by atoms with E-state index in [-0.39, 0.29) is 12.1 Å². The van der Waals surface area contributed by atoms with E-state index in [2.05, 4.69) is 5.32 Å². The fourth-order valence-corrected chi connectivity index (χ4v) is 1.54. The van der Waals surface area contributed by atoms with Gasteiger partial charge in [0, 0.05) is 6.54 Å². The van der Waals surface area contributed by atoms with Gasteiger partial charge in [-0.2, -0.15) is 13.2 Å². The molecule has 0 fully saturated rings. The predicted octanol–water partition coefficient (Wildman–Crippen LogP) is 2.08. The van der Waals surface area contributed by atoms with E-state index in [1.807, 2.05) is 0 Å². The van der Waals surface area contributed by atoms with E-state index in [0.717, 1.165) is 6.07 Å². The van der Waals surface area contributed by atoms with Gasteiger partial charge in [0.05, 0.1) is 17.9 Å². The third-order valence-corrected chi connectivity index (χ3v) is 2.70. The van der Waals surface area contributed by atoms with Gasteiger partial charge in [-0.25, -0.2) is 0 Å². The van der Waals surface area contributed by atoms with Gasteiger partial charge in [-0.05, 0) is 11.6 Å². The topological polar surface area (TPSA) is 66.4 Å². The van der Waals surface area contributed by atoms with E-state index in [1.54, 1.807) is 0 Å². The van der Waals surface area contributed by atoms with Crippen molar-refractivity contribution in [3.63, 3.8) is 0 Å². The molecule has 0 aromatic heterocycles. The number of carboxylic acids is 1. The summed E-state index contributed by atoms with van der Waals surface area (Å²) in [6.07, 6.45) is -4.97. The molecule has 7 heteroatoms. The van der Waals surface area contributed by atoms with Gasteiger partial charge in [0.25, 0.3) is 0 Å². The lowest BCUT2D eigenvalue weighted by atomic mass is 10.0. The molecule has 0 saturated heterocycles. The highest BCUT2D eigenvalue weighted by molar-refractivity contribution is 5.79. The van der Waals surface area contributed by atoms with Crippen molar-refractivity contribution in [3.05, 3.63) is 35.4 Å². The van der Waals surface area contributed by atoms with Crippen LogP contribution in [-0.2, 0) is 22.2 Å². The van der Waals surface area contributed by atoms with Crippen molar-refractivity contribution in [2.45, 2.75) is 19.5 Å². The molecule has 1 aromatic carbocycles. The fraction of sp³-hybridized carbons (Fsp3) is 0.385. The van der Waals surface area contributed by atoms with Crippen LogP contribution in [0, 0.1) is 5.92 Å². The normalized spacial score (nSPS) is 12.8. The molecule has 4 nitrogen and oxygen atoms in total. The highest BCUT2D eigenvalue weighted by Gasteiger charge is 2.33. The van der Waals surface area contributed by atoms with Crippen molar-refractivity contribution < 1.29 is 27.9 Å². The van der Waals surface area contributed by atoms with Crippen LogP contribution in [0.25, 0.3) is 0 Å². The number of carbonyl (C=O) groups is 2. The number of hydrogen-bond acceptors (Lipinski definition) is 2. The first-order valence-corrected chi connectivity index (χ1v) is 5.86. The van der Waals surface area contributed by atoms with Crippen molar-refractivity contribution in [2.24, 2.45) is 5.92 Å². The van der Waals surface area contributed by atoms with E-state index in [9.17, 15) is 22.8 Å². The second-order valence-corrected chi connectivity index (χ2v) is 4.38. The van der Waals surface area contributed by atoms with Crippen LogP contribution >= 0.6 is 0 Å². The zero-order valence-corrected chi connectivity index (χ0v) is 10.7. The van der Waals surface area contributed by atoms with E-state index in [0.29, 0.717) is 0 Å². The number of alkyl halides is 3. The van der Waals surface area contributed by atoms with Crippen LogP contribution in [0.4, 0.5) is 13.2 Å². The number of carboxylic acid groups (broad SMARTS) is 1. The number of carbonyl (C=O) groups excluding carboxylic acids is 1. The standard InChI is InChI=1S/C13H14F3NO3/c1-8(12(19)20)7-17-11(18)6-9-4-2-3-5-10(9)13(14,15)16/h2-5,8H,6-7H2,1H3,(H,17,18)(H,19,20). The Morgan fingerprint density at radius 2 is 1.90 bits per heavy atom. The van der Waals surface area contributed by atoms with Gasteiger partial charge in [0.2, 0.25) is 5.91 Å². The molecule has 1 rings (SSSR count). The monoisotopic (exact) mass is 289 g/mol. The summed E-state index contributed by atoms with van der Waals surface area (Å²) >= 11 is 0. The maximum Gasteiger partial charge on any atom is 0.416 e. The zero-order valence-electron chi connectivity index (χ0n) is 10.7. The minimum absolute atomic E-state index is 0.123. The molecule has 1 atom stereocenters. The maximum atomic E-state index is 12.7. The summed E-state index contributed by atoms with van der Waals surface area (Å²) in [6, 6.07) is 4.79. The minimum Gasteiger partial charge on any atom is -0.481 e. The molecular formula is C13H14F3NO3. The smallest absolute Gasteiger partial charge is 0.416 e. The highest BCUT2D eigenvalue weighted by Crippen LogP contribution is 2.31. The van der Waals surface area contributed by atoms with E-state index < -0.39 is 36.0 Å². The van der Waals surface area contributed by atoms with Gasteiger partial charge >= 0.3 is 12.1 Å². The number of hydrogen-bond donors (Lipinski definition) is 2. The Balaban J connectivity index is 2.70. The molecule has 2 N–H and O–H groups in total. The third-order valence-electron chi connectivity index (χ3n) is 2.70. The molecule has 0 aliphatic carbocycles. The Labute approximate surface area is 113 Å². The molecule has 0 aliphatic rings. The number of halogens is 3. The summed E-state index contributed by atoms with van der Waals surface area (Å²) in [7, 11) is 0. The summed E-state index contributed by atoms with van der Waals surface area (Å²) in [4.78, 5) is 22.1. The second-order valence-electron chi connectivity index (χ2n) is 4.38. The van der Waals surface area contributed by atoms with Crippen LogP contribution in [-0.4, -0.2) is 23.5 Å². The Morgan fingerprint density at radius 1 is 1.30 bits per heavy atom. The highest BCUT2D eigenvalue weighted by atomic mass is 19.4. The van der Waals surface area contributed by atoms with Crippen LogP contribution in [0.2, 0.25) is 0 Å². The average Bonchev–Trinajstić information content (AvgIpc) is 2.35. The number of amides is 1. The van der Waals surface area contributed by atoms with E-state index in [4.69, 9.17) is 5.11 Å². The van der Waals surface area contributed by atoms with Crippen molar-refractivity contribution >= 4 is 11.9 Å². The molecule has 0 aliphatic heterocycles. The van der Waals surface area contributed by atoms with Crippen LogP contribution in [0.1, 0.15) is 18.1 Å². The second kappa shape index (κ2) is 6.40. The zero-order chi connectivity index (χ0) is 15.3. The van der Waals surface area contributed by atoms with Gasteiger partial charge in [-0.3, -0.25) is 9.59 Å². The van der Waals surface area contributed by atoms with Gasteiger partial charge in [-0.1, -0.05) is 25.1 Å². The fourth-order valence-electron chi connectivity index (χ4n) is 1.54. The van der Waals surface area contributed by atoms with Gasteiger partial charge in [0.15, 0.2) is 0 Å². The van der Waals surface area contributed by atoms with E-state index in [1.165, 1.54) is 25.1 Å². The number of rotatable bonds is 5. The van der Waals surface area contributed by atoms with Gasteiger partial charge in [0.1, 0.15) is 0 Å². The lowest BCUT2D eigenvalue weighted by Gasteiger charge is -2.13. The molecule has 1 unspecified atom stereocenters. The maximum absolute atomic E-state index is 12.7. The molecular weight excluding hydrogens is 275 g/mol. The summed E-state index contributed by atoms with van der Waals surface area (Å²) in [5, 5.41) is 10.9. The first-order valence-electron chi connectivity index (χ1n) is 5.86. The summed E-state index contributed by atoms with van der Waals surface area (Å²) < 4.78 is 38.1. The molecule has 110 valence electrons. The lowest BCUT2D eigenvalue weighted by molar-refractivity contribution is -0.141. The summed E-state index contributed by atoms with van der Waals surface area (Å²) in [5.74, 6) is -2.52. The lowest BCUT2D eigenvalue weighted by Crippen LogP contribution is -2.32. The molecule has 20 heavy (non-hydrogen) atoms. The number of benzene rings is 1. The van der Waals surface area contributed by atoms with Crippen LogP contribution in [0.5, 0.6) is 0 Å². The largest absolute Gasteiger partial charge is 0.481 e. The quantitative estimate of drug-likeness (QED) is 0.872. The number of nitrogens with one attached hydrogen (secondary N) is 1. The molecule has 0 radical (unpaired) electrons. The average molecular weight is 289 g/mol. The third kappa shape index (κ3) is 4.56. The van der Waals surface area contributed by atoms with Crippen molar-refractivity contribution in [2.75, 3.05) is 6.54 Å². The van der Waals surface area contributed by atoms with Crippen LogP contribution in [0.3, 0.4) is 0 Å². The van der Waals surface area contributed by atoms with Crippen LogP contribution in [0.15, 0.2) is 24.3 Å². The Hall–Kier alpha value is -2.05. The van der Waals surface area contributed by atoms with Crippen molar-refractivity contribution in [1.82, 2.24) is 5.32 Å². The number of aliphatic carboxylic acids is 1.